The second-order valence-electron chi connectivity index (χ2n) is 7.24. The van der Waals surface area contributed by atoms with Gasteiger partial charge in [-0.25, -0.2) is 0 Å². The molecule has 130 valence electrons. The van der Waals surface area contributed by atoms with E-state index in [4.69, 9.17) is 12.2 Å². The van der Waals surface area contributed by atoms with E-state index in [0.29, 0.717) is 6.04 Å². The molecular formula is C19H23N5S. The van der Waals surface area contributed by atoms with E-state index in [9.17, 15) is 0 Å². The van der Waals surface area contributed by atoms with Crippen LogP contribution in [-0.2, 0) is 6.54 Å². The van der Waals surface area contributed by atoms with Crippen molar-refractivity contribution < 1.29 is 0 Å². The summed E-state index contributed by atoms with van der Waals surface area (Å²) in [6.07, 6.45) is 7.20. The van der Waals surface area contributed by atoms with Gasteiger partial charge in [0.1, 0.15) is 11.2 Å². The lowest BCUT2D eigenvalue weighted by Crippen LogP contribution is -2.68. The van der Waals surface area contributed by atoms with Crippen LogP contribution in [0.15, 0.2) is 54.3 Å². The minimum absolute atomic E-state index is 0.131. The molecule has 5 rings (SSSR count). The summed E-state index contributed by atoms with van der Waals surface area (Å²) in [6, 6.07) is 11.1. The molecule has 3 saturated heterocycles. The fraction of sp³-hybridized carbons (Fsp3) is 0.421. The van der Waals surface area contributed by atoms with Gasteiger partial charge in [0, 0.05) is 19.3 Å². The quantitative estimate of drug-likeness (QED) is 0.783. The molecule has 0 aromatic heterocycles. The van der Waals surface area contributed by atoms with E-state index < -0.39 is 0 Å². The minimum Gasteiger partial charge on any atom is -0.335 e. The van der Waals surface area contributed by atoms with Crippen LogP contribution < -0.4 is 10.6 Å². The van der Waals surface area contributed by atoms with E-state index in [0.717, 1.165) is 11.5 Å². The molecule has 3 heterocycles. The molecule has 0 amide bonds. The van der Waals surface area contributed by atoms with Gasteiger partial charge in [0.25, 0.3) is 0 Å². The Labute approximate surface area is 154 Å². The second-order valence-corrected chi connectivity index (χ2v) is 7.66. The molecule has 3 aliphatic heterocycles. The molecule has 4 unspecified atom stereocenters. The lowest BCUT2D eigenvalue weighted by Gasteiger charge is -2.48. The Bertz CT molecular complexity index is 760. The van der Waals surface area contributed by atoms with E-state index in [2.05, 4.69) is 87.9 Å². The number of thiocarbonyl (C=S) groups is 1. The summed E-state index contributed by atoms with van der Waals surface area (Å²) in [7, 11) is 2.11. The summed E-state index contributed by atoms with van der Waals surface area (Å²) < 4.78 is 0. The molecule has 1 aliphatic carbocycles. The van der Waals surface area contributed by atoms with Crippen LogP contribution in [0, 0.1) is 0 Å². The van der Waals surface area contributed by atoms with Gasteiger partial charge in [-0.2, -0.15) is 0 Å². The van der Waals surface area contributed by atoms with Crippen LogP contribution in [0.3, 0.4) is 0 Å². The molecular weight excluding hydrogens is 330 g/mol. The first-order valence-electron chi connectivity index (χ1n) is 8.90. The number of hydrogen-bond donors (Lipinski definition) is 2. The van der Waals surface area contributed by atoms with Crippen molar-refractivity contribution >= 4 is 17.2 Å². The fourth-order valence-corrected chi connectivity index (χ4v) is 4.94. The average molecular weight is 353 g/mol. The molecule has 2 N–H and O–H groups in total. The maximum atomic E-state index is 5.91. The van der Waals surface area contributed by atoms with Crippen LogP contribution in [0.4, 0.5) is 0 Å². The second kappa shape index (κ2) is 5.64. The Morgan fingerprint density at radius 2 is 1.96 bits per heavy atom. The summed E-state index contributed by atoms with van der Waals surface area (Å²) in [5.41, 5.74) is 2.67. The maximum absolute atomic E-state index is 5.91. The molecule has 3 fully saturated rings. The van der Waals surface area contributed by atoms with Crippen molar-refractivity contribution in [2.24, 2.45) is 0 Å². The van der Waals surface area contributed by atoms with Gasteiger partial charge in [-0.15, -0.1) is 0 Å². The SMILES string of the molecule is C[C@H]1NC2C(C(=S)N(C)C3NC4C=CC=C4N23)N1Cc1ccccc1. The molecule has 0 spiro atoms. The lowest BCUT2D eigenvalue weighted by molar-refractivity contribution is 0.0604. The molecule has 5 nitrogen and oxygen atoms in total. The first-order valence-corrected chi connectivity index (χ1v) is 9.31. The largest absolute Gasteiger partial charge is 0.335 e. The highest BCUT2D eigenvalue weighted by molar-refractivity contribution is 7.80. The summed E-state index contributed by atoms with van der Waals surface area (Å²) in [6.45, 7) is 3.14. The Balaban J connectivity index is 1.49. The van der Waals surface area contributed by atoms with Crippen molar-refractivity contribution in [2.45, 2.75) is 44.2 Å². The predicted octanol–water partition coefficient (Wildman–Crippen LogP) is 1.42. The monoisotopic (exact) mass is 353 g/mol. The van der Waals surface area contributed by atoms with E-state index in [-0.39, 0.29) is 24.7 Å². The van der Waals surface area contributed by atoms with Crippen molar-refractivity contribution in [3.63, 3.8) is 0 Å². The molecule has 6 heteroatoms. The van der Waals surface area contributed by atoms with Gasteiger partial charge in [-0.3, -0.25) is 15.5 Å². The minimum atomic E-state index is 0.131. The summed E-state index contributed by atoms with van der Waals surface area (Å²) in [4.78, 5) is 8.20. The maximum Gasteiger partial charge on any atom is 0.160 e. The zero-order valence-electron chi connectivity index (χ0n) is 14.5. The summed E-state index contributed by atoms with van der Waals surface area (Å²) in [5.74, 6) is 0. The van der Waals surface area contributed by atoms with Crippen LogP contribution in [-0.4, -0.2) is 57.4 Å². The Morgan fingerprint density at radius 1 is 1.16 bits per heavy atom. The number of likely N-dealkylation sites (N-methyl/N-ethyl adjacent to an activating group) is 1. The molecule has 1 aromatic rings. The number of nitrogens with zero attached hydrogens (tertiary/aromatic N) is 3. The summed E-state index contributed by atoms with van der Waals surface area (Å²) in [5, 5.41) is 7.47. The van der Waals surface area contributed by atoms with Crippen LogP contribution in [0.2, 0.25) is 0 Å². The number of benzene rings is 1. The van der Waals surface area contributed by atoms with Crippen molar-refractivity contribution in [2.75, 3.05) is 7.05 Å². The topological polar surface area (TPSA) is 33.8 Å². The van der Waals surface area contributed by atoms with Crippen molar-refractivity contribution in [3.05, 3.63) is 59.8 Å². The number of hydrogen-bond acceptors (Lipinski definition) is 5. The molecule has 5 atom stereocenters. The third kappa shape index (κ3) is 2.22. The molecule has 25 heavy (non-hydrogen) atoms. The van der Waals surface area contributed by atoms with E-state index >= 15 is 0 Å². The smallest absolute Gasteiger partial charge is 0.160 e. The first-order chi connectivity index (χ1) is 12.1. The number of nitrogens with one attached hydrogen (secondary N) is 2. The van der Waals surface area contributed by atoms with Gasteiger partial charge in [0.15, 0.2) is 6.29 Å². The van der Waals surface area contributed by atoms with Gasteiger partial charge in [0.2, 0.25) is 0 Å². The van der Waals surface area contributed by atoms with E-state index in [1.165, 1.54) is 11.3 Å². The van der Waals surface area contributed by atoms with Crippen molar-refractivity contribution in [3.8, 4) is 0 Å². The van der Waals surface area contributed by atoms with Gasteiger partial charge in [-0.1, -0.05) is 54.7 Å². The number of allylic oxidation sites excluding steroid dienone is 2. The standard InChI is InChI=1S/C19H23N5S/c1-12-20-17-16(23(12)11-13-7-4-3-5-8-13)18(25)22(2)19-21-14-9-6-10-15(14)24(17)19/h3-10,12,14,16-17,19-21H,11H2,1-2H3/t12-,14?,16?,17?,19?/m0/s1. The molecule has 0 bridgehead atoms. The van der Waals surface area contributed by atoms with Gasteiger partial charge in [-0.05, 0) is 18.6 Å². The van der Waals surface area contributed by atoms with Crippen molar-refractivity contribution in [1.29, 1.82) is 0 Å². The number of fused-ring (bicyclic) bond motifs is 5. The number of rotatable bonds is 2. The van der Waals surface area contributed by atoms with Gasteiger partial charge in [0.05, 0.1) is 18.2 Å². The first kappa shape index (κ1) is 15.5. The zero-order chi connectivity index (χ0) is 17.1. The molecule has 1 aromatic carbocycles. The summed E-state index contributed by atoms with van der Waals surface area (Å²) >= 11 is 5.91. The Kier molecular flexibility index (Phi) is 3.50. The molecule has 0 radical (unpaired) electrons. The Morgan fingerprint density at radius 3 is 2.76 bits per heavy atom. The third-order valence-corrected chi connectivity index (χ3v) is 6.35. The fourth-order valence-electron chi connectivity index (χ4n) is 4.57. The van der Waals surface area contributed by atoms with Crippen molar-refractivity contribution in [1.82, 2.24) is 25.3 Å². The highest BCUT2D eigenvalue weighted by Gasteiger charge is 2.55. The molecule has 0 saturated carbocycles. The van der Waals surface area contributed by atoms with E-state index in [1.54, 1.807) is 0 Å². The average Bonchev–Trinajstić information content (AvgIpc) is 3.27. The zero-order valence-corrected chi connectivity index (χ0v) is 15.3. The van der Waals surface area contributed by atoms with E-state index in [1.807, 2.05) is 0 Å². The van der Waals surface area contributed by atoms with Crippen LogP contribution >= 0.6 is 12.2 Å². The highest BCUT2D eigenvalue weighted by Crippen LogP contribution is 2.38. The highest BCUT2D eigenvalue weighted by atomic mass is 32.1. The van der Waals surface area contributed by atoms with Gasteiger partial charge < -0.3 is 9.80 Å². The normalized spacial score (nSPS) is 36.5. The predicted molar refractivity (Wildman–Crippen MR) is 102 cm³/mol. The third-order valence-electron chi connectivity index (χ3n) is 5.82. The molecule has 4 aliphatic rings. The van der Waals surface area contributed by atoms with Crippen LogP contribution in [0.1, 0.15) is 12.5 Å². The van der Waals surface area contributed by atoms with Gasteiger partial charge >= 0.3 is 0 Å². The van der Waals surface area contributed by atoms with Crippen LogP contribution in [0.5, 0.6) is 0 Å². The van der Waals surface area contributed by atoms with Crippen LogP contribution in [0.25, 0.3) is 0 Å². The Hall–Kier alpha value is -1.73. The lowest BCUT2D eigenvalue weighted by atomic mass is 10.1.